The lowest BCUT2D eigenvalue weighted by molar-refractivity contribution is -0.117. The first-order chi connectivity index (χ1) is 9.58. The first kappa shape index (κ1) is 13.7. The number of carbonyl (C=O) groups excluding carboxylic acids is 1. The number of aromatic nitrogens is 1. The number of nitrogens with zero attached hydrogens (tertiary/aromatic N) is 1. The van der Waals surface area contributed by atoms with E-state index in [9.17, 15) is 9.59 Å². The Morgan fingerprint density at radius 2 is 1.80 bits per heavy atom. The van der Waals surface area contributed by atoms with Crippen molar-refractivity contribution in [2.45, 2.75) is 12.8 Å². The molecule has 5 heteroatoms. The number of rotatable bonds is 4. The highest BCUT2D eigenvalue weighted by Crippen LogP contribution is 2.16. The second kappa shape index (κ2) is 5.97. The van der Waals surface area contributed by atoms with E-state index in [2.05, 4.69) is 10.3 Å². The highest BCUT2D eigenvalue weighted by molar-refractivity contribution is 5.95. The number of hydrogen-bond acceptors (Lipinski definition) is 3. The quantitative estimate of drug-likeness (QED) is 0.894. The summed E-state index contributed by atoms with van der Waals surface area (Å²) in [5, 5.41) is 11.5. The molecule has 0 aliphatic rings. The summed E-state index contributed by atoms with van der Waals surface area (Å²) >= 11 is 0. The SMILES string of the molecule is CC(C(=O)Nc1cccc(C(=O)O)n1)c1ccccc1. The van der Waals surface area contributed by atoms with Gasteiger partial charge < -0.3 is 10.4 Å². The third-order valence-corrected chi connectivity index (χ3v) is 2.91. The molecule has 0 saturated carbocycles. The second-order valence-electron chi connectivity index (χ2n) is 4.33. The van der Waals surface area contributed by atoms with E-state index in [4.69, 9.17) is 5.11 Å². The van der Waals surface area contributed by atoms with Gasteiger partial charge in [0.15, 0.2) is 5.69 Å². The Hall–Kier alpha value is -2.69. The third kappa shape index (κ3) is 3.20. The van der Waals surface area contributed by atoms with Crippen LogP contribution in [0, 0.1) is 0 Å². The summed E-state index contributed by atoms with van der Waals surface area (Å²) in [5.41, 5.74) is 0.787. The molecule has 1 amide bonds. The summed E-state index contributed by atoms with van der Waals surface area (Å²) in [6.07, 6.45) is 0. The molecule has 0 radical (unpaired) electrons. The van der Waals surface area contributed by atoms with Crippen LogP contribution in [0.4, 0.5) is 5.82 Å². The monoisotopic (exact) mass is 270 g/mol. The largest absolute Gasteiger partial charge is 0.477 e. The Morgan fingerprint density at radius 1 is 1.10 bits per heavy atom. The van der Waals surface area contributed by atoms with Gasteiger partial charge >= 0.3 is 5.97 Å². The number of amides is 1. The average Bonchev–Trinajstić information content (AvgIpc) is 2.47. The minimum absolute atomic E-state index is 0.102. The molecular formula is C15H14N2O3. The lowest BCUT2D eigenvalue weighted by Gasteiger charge is -2.12. The number of anilines is 1. The topological polar surface area (TPSA) is 79.3 Å². The first-order valence-electron chi connectivity index (χ1n) is 6.14. The summed E-state index contributed by atoms with van der Waals surface area (Å²) in [4.78, 5) is 26.8. The molecule has 1 heterocycles. The maximum absolute atomic E-state index is 12.1. The van der Waals surface area contributed by atoms with Crippen LogP contribution >= 0.6 is 0 Å². The van der Waals surface area contributed by atoms with Crippen LogP contribution in [-0.4, -0.2) is 22.0 Å². The fourth-order valence-electron chi connectivity index (χ4n) is 1.75. The fourth-order valence-corrected chi connectivity index (χ4v) is 1.75. The van der Waals surface area contributed by atoms with Crippen LogP contribution in [0.3, 0.4) is 0 Å². The van der Waals surface area contributed by atoms with E-state index in [1.807, 2.05) is 30.3 Å². The summed E-state index contributed by atoms with van der Waals surface area (Å²) in [6.45, 7) is 1.78. The molecule has 0 saturated heterocycles. The standard InChI is InChI=1S/C15H14N2O3/c1-10(11-6-3-2-4-7-11)14(18)17-13-9-5-8-12(16-13)15(19)20/h2-10H,1H3,(H,19,20)(H,16,17,18). The lowest BCUT2D eigenvalue weighted by Crippen LogP contribution is -2.20. The van der Waals surface area contributed by atoms with Crippen LogP contribution in [0.25, 0.3) is 0 Å². The van der Waals surface area contributed by atoms with Gasteiger partial charge in [-0.3, -0.25) is 4.79 Å². The highest BCUT2D eigenvalue weighted by Gasteiger charge is 2.16. The molecule has 0 aliphatic carbocycles. The average molecular weight is 270 g/mol. The van der Waals surface area contributed by atoms with E-state index in [1.54, 1.807) is 19.1 Å². The van der Waals surface area contributed by atoms with Gasteiger partial charge in [-0.2, -0.15) is 0 Å². The molecule has 0 fully saturated rings. The number of carbonyl (C=O) groups is 2. The Kier molecular flexibility index (Phi) is 4.10. The van der Waals surface area contributed by atoms with Crippen molar-refractivity contribution in [3.8, 4) is 0 Å². The van der Waals surface area contributed by atoms with Gasteiger partial charge in [-0.05, 0) is 24.6 Å². The predicted molar refractivity (Wildman–Crippen MR) is 74.7 cm³/mol. The second-order valence-corrected chi connectivity index (χ2v) is 4.33. The van der Waals surface area contributed by atoms with Gasteiger partial charge in [0.25, 0.3) is 0 Å². The normalized spacial score (nSPS) is 11.7. The van der Waals surface area contributed by atoms with Crippen molar-refractivity contribution in [2.75, 3.05) is 5.32 Å². The molecule has 5 nitrogen and oxygen atoms in total. The van der Waals surface area contributed by atoms with Gasteiger partial charge in [0, 0.05) is 0 Å². The van der Waals surface area contributed by atoms with E-state index >= 15 is 0 Å². The molecule has 0 bridgehead atoms. The summed E-state index contributed by atoms with van der Waals surface area (Å²) in [7, 11) is 0. The Bertz CT molecular complexity index is 626. The number of benzene rings is 1. The lowest BCUT2D eigenvalue weighted by atomic mass is 10.0. The van der Waals surface area contributed by atoms with Crippen molar-refractivity contribution >= 4 is 17.7 Å². The van der Waals surface area contributed by atoms with Gasteiger partial charge in [0.2, 0.25) is 5.91 Å². The van der Waals surface area contributed by atoms with E-state index in [1.165, 1.54) is 6.07 Å². The number of aromatic carboxylic acids is 1. The number of carboxylic acid groups (broad SMARTS) is 1. The van der Waals surface area contributed by atoms with E-state index in [-0.39, 0.29) is 23.3 Å². The van der Waals surface area contributed by atoms with Crippen LogP contribution in [0.1, 0.15) is 28.9 Å². The van der Waals surface area contributed by atoms with Gasteiger partial charge in [-0.1, -0.05) is 36.4 Å². The van der Waals surface area contributed by atoms with E-state index < -0.39 is 5.97 Å². The Labute approximate surface area is 116 Å². The van der Waals surface area contributed by atoms with Crippen molar-refractivity contribution in [1.29, 1.82) is 0 Å². The van der Waals surface area contributed by atoms with Crippen molar-refractivity contribution in [2.24, 2.45) is 0 Å². The first-order valence-corrected chi connectivity index (χ1v) is 6.14. The van der Waals surface area contributed by atoms with Crippen LogP contribution < -0.4 is 5.32 Å². The highest BCUT2D eigenvalue weighted by atomic mass is 16.4. The van der Waals surface area contributed by atoms with Gasteiger partial charge in [-0.15, -0.1) is 0 Å². The third-order valence-electron chi connectivity index (χ3n) is 2.91. The molecule has 2 aromatic rings. The minimum atomic E-state index is -1.13. The number of carboxylic acids is 1. The summed E-state index contributed by atoms with van der Waals surface area (Å²) < 4.78 is 0. The zero-order valence-corrected chi connectivity index (χ0v) is 10.9. The molecule has 1 aromatic carbocycles. The minimum Gasteiger partial charge on any atom is -0.477 e. The molecule has 1 atom stereocenters. The Morgan fingerprint density at radius 3 is 2.45 bits per heavy atom. The molecule has 1 unspecified atom stereocenters. The molecule has 1 aromatic heterocycles. The Balaban J connectivity index is 2.12. The maximum Gasteiger partial charge on any atom is 0.354 e. The number of pyridine rings is 1. The molecule has 102 valence electrons. The van der Waals surface area contributed by atoms with Gasteiger partial charge in [-0.25, -0.2) is 9.78 Å². The van der Waals surface area contributed by atoms with Gasteiger partial charge in [0.05, 0.1) is 5.92 Å². The van der Waals surface area contributed by atoms with E-state index in [0.29, 0.717) is 0 Å². The predicted octanol–water partition coefficient (Wildman–Crippen LogP) is 2.52. The fraction of sp³-hybridized carbons (Fsp3) is 0.133. The van der Waals surface area contributed by atoms with E-state index in [0.717, 1.165) is 5.56 Å². The van der Waals surface area contributed by atoms with Crippen molar-refractivity contribution in [3.05, 3.63) is 59.8 Å². The van der Waals surface area contributed by atoms with Crippen molar-refractivity contribution < 1.29 is 14.7 Å². The van der Waals surface area contributed by atoms with Crippen LogP contribution in [0.5, 0.6) is 0 Å². The molecule has 0 spiro atoms. The number of hydrogen-bond donors (Lipinski definition) is 2. The summed E-state index contributed by atoms with van der Waals surface area (Å²) in [6, 6.07) is 13.8. The zero-order chi connectivity index (χ0) is 14.5. The van der Waals surface area contributed by atoms with Crippen LogP contribution in [-0.2, 0) is 4.79 Å². The van der Waals surface area contributed by atoms with Crippen LogP contribution in [0.2, 0.25) is 0 Å². The van der Waals surface area contributed by atoms with Crippen LogP contribution in [0.15, 0.2) is 48.5 Å². The number of nitrogens with one attached hydrogen (secondary N) is 1. The van der Waals surface area contributed by atoms with Crippen molar-refractivity contribution in [3.63, 3.8) is 0 Å². The molecule has 0 aliphatic heterocycles. The molecular weight excluding hydrogens is 256 g/mol. The molecule has 2 N–H and O–H groups in total. The smallest absolute Gasteiger partial charge is 0.354 e. The molecule has 2 rings (SSSR count). The summed E-state index contributed by atoms with van der Waals surface area (Å²) in [5.74, 6) is -1.47. The van der Waals surface area contributed by atoms with Crippen molar-refractivity contribution in [1.82, 2.24) is 4.98 Å². The molecule has 20 heavy (non-hydrogen) atoms. The zero-order valence-electron chi connectivity index (χ0n) is 10.9. The van der Waals surface area contributed by atoms with Gasteiger partial charge in [0.1, 0.15) is 5.82 Å². The maximum atomic E-state index is 12.1.